The summed E-state index contributed by atoms with van der Waals surface area (Å²) in [5.74, 6) is -0.479. The smallest absolute Gasteiger partial charge is 0.278 e. The summed E-state index contributed by atoms with van der Waals surface area (Å²) in [5.41, 5.74) is 1.44. The van der Waals surface area contributed by atoms with Crippen molar-refractivity contribution in [1.82, 2.24) is 9.59 Å². The standard InChI is InChI=1S/C16H11Cl2N3O2S2/c1-9-8-11(4-7-13(9)18)19-15(22)14-16(24-21-20-14)25(23)12-5-2-10(17)3-6-12/h2-8H,1H3,(H,19,22). The van der Waals surface area contributed by atoms with Gasteiger partial charge in [0.1, 0.15) is 0 Å². The Bertz CT molecular complexity index is 958. The van der Waals surface area contributed by atoms with Crippen LogP contribution in [0.1, 0.15) is 16.1 Å². The number of amides is 1. The molecule has 3 rings (SSSR count). The Kier molecular flexibility index (Phi) is 5.48. The number of anilines is 1. The zero-order valence-electron chi connectivity index (χ0n) is 12.8. The summed E-state index contributed by atoms with van der Waals surface area (Å²) in [6.45, 7) is 1.84. The molecule has 0 aliphatic heterocycles. The molecule has 0 radical (unpaired) electrons. The highest BCUT2D eigenvalue weighted by Gasteiger charge is 2.22. The Balaban J connectivity index is 1.85. The molecule has 0 spiro atoms. The van der Waals surface area contributed by atoms with Gasteiger partial charge in [0.2, 0.25) is 0 Å². The summed E-state index contributed by atoms with van der Waals surface area (Å²) in [4.78, 5) is 13.0. The van der Waals surface area contributed by atoms with E-state index in [0.717, 1.165) is 17.1 Å². The lowest BCUT2D eigenvalue weighted by atomic mass is 10.2. The molecular formula is C16H11Cl2N3O2S2. The number of nitrogens with one attached hydrogen (secondary N) is 1. The molecule has 0 saturated heterocycles. The number of aryl methyl sites for hydroxylation is 1. The second-order valence-electron chi connectivity index (χ2n) is 5.05. The van der Waals surface area contributed by atoms with E-state index < -0.39 is 16.7 Å². The first-order valence-electron chi connectivity index (χ1n) is 7.03. The highest BCUT2D eigenvalue weighted by molar-refractivity contribution is 7.87. The highest BCUT2D eigenvalue weighted by Crippen LogP contribution is 2.25. The number of carbonyl (C=O) groups excluding carboxylic acids is 1. The molecule has 1 unspecified atom stereocenters. The van der Waals surface area contributed by atoms with Crippen LogP contribution in [0.15, 0.2) is 51.6 Å². The molecule has 128 valence electrons. The van der Waals surface area contributed by atoms with Crippen LogP contribution < -0.4 is 5.32 Å². The SMILES string of the molecule is Cc1cc(NC(=O)c2nnsc2S(=O)c2ccc(Cl)cc2)ccc1Cl. The number of hydrogen-bond donors (Lipinski definition) is 1. The first-order chi connectivity index (χ1) is 12.0. The van der Waals surface area contributed by atoms with Crippen LogP contribution in [0.3, 0.4) is 0 Å². The summed E-state index contributed by atoms with van der Waals surface area (Å²) < 4.78 is 16.8. The summed E-state index contributed by atoms with van der Waals surface area (Å²) in [7, 11) is -1.57. The maximum Gasteiger partial charge on any atom is 0.278 e. The Hall–Kier alpha value is -1.80. The van der Waals surface area contributed by atoms with Crippen molar-refractivity contribution >= 4 is 57.1 Å². The van der Waals surface area contributed by atoms with Crippen LogP contribution >= 0.6 is 34.7 Å². The van der Waals surface area contributed by atoms with Crippen LogP contribution in [0.25, 0.3) is 0 Å². The predicted molar refractivity (Wildman–Crippen MR) is 100 cm³/mol. The van der Waals surface area contributed by atoms with Crippen molar-refractivity contribution in [2.75, 3.05) is 5.32 Å². The average molecular weight is 412 g/mol. The van der Waals surface area contributed by atoms with E-state index >= 15 is 0 Å². The molecule has 0 bridgehead atoms. The zero-order valence-corrected chi connectivity index (χ0v) is 16.0. The fraction of sp³-hybridized carbons (Fsp3) is 0.0625. The second-order valence-corrected chi connectivity index (χ2v) is 8.32. The molecule has 3 aromatic rings. The van der Waals surface area contributed by atoms with Crippen LogP contribution in [-0.2, 0) is 10.8 Å². The van der Waals surface area contributed by atoms with E-state index in [1.807, 2.05) is 6.92 Å². The fourth-order valence-corrected chi connectivity index (χ4v) is 4.25. The lowest BCUT2D eigenvalue weighted by Crippen LogP contribution is -2.15. The summed E-state index contributed by atoms with van der Waals surface area (Å²) in [6.07, 6.45) is 0. The Morgan fingerprint density at radius 3 is 2.56 bits per heavy atom. The van der Waals surface area contributed by atoms with Gasteiger partial charge in [-0.3, -0.25) is 4.79 Å². The molecule has 1 heterocycles. The van der Waals surface area contributed by atoms with Crippen molar-refractivity contribution < 1.29 is 9.00 Å². The molecule has 0 saturated carbocycles. The lowest BCUT2D eigenvalue weighted by Gasteiger charge is -2.06. The minimum Gasteiger partial charge on any atom is -0.321 e. The molecule has 0 aliphatic rings. The number of hydrogen-bond acceptors (Lipinski definition) is 5. The van der Waals surface area contributed by atoms with Crippen LogP contribution in [0, 0.1) is 6.92 Å². The van der Waals surface area contributed by atoms with Gasteiger partial charge in [0.05, 0.1) is 10.8 Å². The number of aromatic nitrogens is 2. The van der Waals surface area contributed by atoms with Gasteiger partial charge in [0.15, 0.2) is 9.90 Å². The summed E-state index contributed by atoms with van der Waals surface area (Å²) >= 11 is 12.7. The lowest BCUT2D eigenvalue weighted by molar-refractivity contribution is 0.101. The molecule has 0 fully saturated rings. The van der Waals surface area contributed by atoms with Gasteiger partial charge in [-0.25, -0.2) is 4.21 Å². The Morgan fingerprint density at radius 1 is 1.16 bits per heavy atom. The number of carbonyl (C=O) groups is 1. The number of halogens is 2. The van der Waals surface area contributed by atoms with Crippen molar-refractivity contribution in [2.24, 2.45) is 0 Å². The van der Waals surface area contributed by atoms with Gasteiger partial charge in [0, 0.05) is 20.6 Å². The molecule has 1 aromatic heterocycles. The summed E-state index contributed by atoms with van der Waals surface area (Å²) in [5, 5.41) is 7.70. The van der Waals surface area contributed by atoms with Gasteiger partial charge in [0.25, 0.3) is 5.91 Å². The minimum atomic E-state index is -1.57. The van der Waals surface area contributed by atoms with Crippen molar-refractivity contribution in [3.63, 3.8) is 0 Å². The van der Waals surface area contributed by atoms with Gasteiger partial charge < -0.3 is 5.32 Å². The molecular weight excluding hydrogens is 401 g/mol. The van der Waals surface area contributed by atoms with Gasteiger partial charge >= 0.3 is 0 Å². The van der Waals surface area contributed by atoms with Crippen molar-refractivity contribution in [1.29, 1.82) is 0 Å². The third-order valence-corrected chi connectivity index (χ3v) is 6.39. The molecule has 5 nitrogen and oxygen atoms in total. The zero-order chi connectivity index (χ0) is 18.0. The van der Waals surface area contributed by atoms with E-state index in [-0.39, 0.29) is 9.90 Å². The number of benzene rings is 2. The number of nitrogens with zero attached hydrogens (tertiary/aromatic N) is 2. The van der Waals surface area contributed by atoms with Crippen LogP contribution in [-0.4, -0.2) is 19.7 Å². The normalized spacial score (nSPS) is 12.0. The fourth-order valence-electron chi connectivity index (χ4n) is 2.02. The quantitative estimate of drug-likeness (QED) is 0.681. The van der Waals surface area contributed by atoms with Gasteiger partial charge in [-0.2, -0.15) is 0 Å². The van der Waals surface area contributed by atoms with Gasteiger partial charge in [-0.05, 0) is 66.5 Å². The molecule has 0 aliphatic carbocycles. The Morgan fingerprint density at radius 2 is 1.88 bits per heavy atom. The molecule has 1 N–H and O–H groups in total. The van der Waals surface area contributed by atoms with Gasteiger partial charge in [-0.1, -0.05) is 27.7 Å². The summed E-state index contributed by atoms with van der Waals surface area (Å²) in [6, 6.07) is 11.7. The topological polar surface area (TPSA) is 72.0 Å². The van der Waals surface area contributed by atoms with E-state index in [0.29, 0.717) is 20.6 Å². The number of rotatable bonds is 4. The molecule has 25 heavy (non-hydrogen) atoms. The van der Waals surface area contributed by atoms with E-state index in [1.54, 1.807) is 42.5 Å². The van der Waals surface area contributed by atoms with Gasteiger partial charge in [-0.15, -0.1) is 5.10 Å². The van der Waals surface area contributed by atoms with Crippen LogP contribution in [0.4, 0.5) is 5.69 Å². The predicted octanol–water partition coefficient (Wildman–Crippen LogP) is 4.57. The van der Waals surface area contributed by atoms with E-state index in [2.05, 4.69) is 14.9 Å². The molecule has 1 atom stereocenters. The van der Waals surface area contributed by atoms with Crippen LogP contribution in [0.5, 0.6) is 0 Å². The van der Waals surface area contributed by atoms with Crippen LogP contribution in [0.2, 0.25) is 10.0 Å². The highest BCUT2D eigenvalue weighted by atomic mass is 35.5. The van der Waals surface area contributed by atoms with Crippen molar-refractivity contribution in [2.45, 2.75) is 16.0 Å². The molecule has 1 amide bonds. The third-order valence-electron chi connectivity index (χ3n) is 3.28. The molecule has 9 heteroatoms. The first kappa shape index (κ1) is 18.0. The minimum absolute atomic E-state index is 0.0332. The second kappa shape index (κ2) is 7.61. The largest absolute Gasteiger partial charge is 0.321 e. The molecule has 2 aromatic carbocycles. The average Bonchev–Trinajstić information content (AvgIpc) is 3.08. The monoisotopic (exact) mass is 411 g/mol. The Labute approximate surface area is 160 Å². The van der Waals surface area contributed by atoms with E-state index in [4.69, 9.17) is 23.2 Å². The van der Waals surface area contributed by atoms with E-state index in [1.165, 1.54) is 0 Å². The maximum atomic E-state index is 12.7. The van der Waals surface area contributed by atoms with Crippen molar-refractivity contribution in [3.8, 4) is 0 Å². The third kappa shape index (κ3) is 4.07. The van der Waals surface area contributed by atoms with Crippen molar-refractivity contribution in [3.05, 3.63) is 63.8 Å². The maximum absolute atomic E-state index is 12.7. The van der Waals surface area contributed by atoms with E-state index in [9.17, 15) is 9.00 Å². The first-order valence-corrected chi connectivity index (χ1v) is 9.71.